The molecule has 3 atom stereocenters. The Hall–Kier alpha value is -3.48. The molecule has 1 aromatic rings. The van der Waals surface area contributed by atoms with Crippen LogP contribution in [-0.4, -0.2) is 89.0 Å². The second kappa shape index (κ2) is 17.1. The Bertz CT molecular complexity index is 1110. The van der Waals surface area contributed by atoms with Gasteiger partial charge in [-0.2, -0.15) is 0 Å². The van der Waals surface area contributed by atoms with Gasteiger partial charge >= 0.3 is 18.2 Å². The number of amides is 4. The minimum Gasteiger partial charge on any atom is -0.450 e. The van der Waals surface area contributed by atoms with Crippen molar-refractivity contribution >= 4 is 41.7 Å². The summed E-state index contributed by atoms with van der Waals surface area (Å²) in [7, 11) is 0. The van der Waals surface area contributed by atoms with Crippen LogP contribution >= 0.6 is 11.8 Å². The first kappa shape index (κ1) is 36.7. The normalized spacial score (nSPS) is 15.4. The van der Waals surface area contributed by atoms with Crippen molar-refractivity contribution in [2.75, 3.05) is 24.7 Å². The van der Waals surface area contributed by atoms with Crippen LogP contribution in [0.3, 0.4) is 0 Å². The maximum absolute atomic E-state index is 13.3. The Morgan fingerprint density at radius 3 is 2.07 bits per heavy atom. The third-order valence-electron chi connectivity index (χ3n) is 6.19. The lowest BCUT2D eigenvalue weighted by atomic mass is 10.0. The number of benzene rings is 1. The van der Waals surface area contributed by atoms with Crippen LogP contribution in [0.25, 0.3) is 0 Å². The summed E-state index contributed by atoms with van der Waals surface area (Å²) in [4.78, 5) is 65.2. The van der Waals surface area contributed by atoms with E-state index in [1.807, 2.05) is 30.3 Å². The molecule has 2 rings (SSSR count). The smallest absolute Gasteiger partial charge is 0.408 e. The summed E-state index contributed by atoms with van der Waals surface area (Å²) in [6.07, 6.45) is -1.18. The molecule has 1 saturated heterocycles. The van der Waals surface area contributed by atoms with Crippen molar-refractivity contribution in [3.8, 4) is 0 Å². The Balaban J connectivity index is 2.04. The SMILES string of the molecule is CC(=O)O[C@H](C(=O)NCCCC[C@H](NC(=O)OC(C)(C)C)C(=O)N1CCSC1)[C@@H](Cc1ccccc1)NC(=O)OC(C)(C)C. The highest BCUT2D eigenvalue weighted by Gasteiger charge is 2.34. The van der Waals surface area contributed by atoms with E-state index in [9.17, 15) is 24.0 Å². The molecule has 0 radical (unpaired) electrons. The lowest BCUT2D eigenvalue weighted by Gasteiger charge is -2.28. The summed E-state index contributed by atoms with van der Waals surface area (Å²) in [6.45, 7) is 12.4. The standard InChI is InChI=1S/C31H48N4O8S/c1-21(36)41-25(24(19-22-13-9-8-10-14-22)34-29(40)43-31(5,6)7)26(37)32-16-12-11-15-23(27(38)35-17-18-44-20-35)33-28(39)42-30(2,3)4/h8-10,13-14,23-25H,11-12,15-20H2,1-7H3,(H,32,37)(H,33,39)(H,34,40)/t23-,24+,25-/m0/s1. The molecule has 3 N–H and O–H groups in total. The van der Waals surface area contributed by atoms with Crippen LogP contribution in [0.15, 0.2) is 30.3 Å². The molecule has 1 fully saturated rings. The van der Waals surface area contributed by atoms with E-state index in [4.69, 9.17) is 14.2 Å². The highest BCUT2D eigenvalue weighted by atomic mass is 32.2. The molecule has 0 aliphatic carbocycles. The zero-order valence-electron chi connectivity index (χ0n) is 26.9. The van der Waals surface area contributed by atoms with Gasteiger partial charge in [0.25, 0.3) is 5.91 Å². The fourth-order valence-corrected chi connectivity index (χ4v) is 5.31. The first-order valence-electron chi connectivity index (χ1n) is 14.9. The van der Waals surface area contributed by atoms with Gasteiger partial charge in [-0.1, -0.05) is 30.3 Å². The summed E-state index contributed by atoms with van der Waals surface area (Å²) in [5.41, 5.74) is -0.657. The largest absolute Gasteiger partial charge is 0.450 e. The van der Waals surface area contributed by atoms with Crippen LogP contribution in [0, 0.1) is 0 Å². The zero-order valence-corrected chi connectivity index (χ0v) is 27.7. The summed E-state index contributed by atoms with van der Waals surface area (Å²) in [6, 6.07) is 7.53. The van der Waals surface area contributed by atoms with E-state index in [1.165, 1.54) is 6.92 Å². The van der Waals surface area contributed by atoms with Crippen LogP contribution in [0.4, 0.5) is 9.59 Å². The number of esters is 1. The number of nitrogens with one attached hydrogen (secondary N) is 3. The van der Waals surface area contributed by atoms with E-state index in [-0.39, 0.29) is 18.9 Å². The fourth-order valence-electron chi connectivity index (χ4n) is 4.36. The van der Waals surface area contributed by atoms with E-state index < -0.39 is 53.5 Å². The van der Waals surface area contributed by atoms with Gasteiger partial charge < -0.3 is 35.1 Å². The number of ether oxygens (including phenoxy) is 3. The van der Waals surface area contributed by atoms with Gasteiger partial charge in [0.1, 0.15) is 17.2 Å². The van der Waals surface area contributed by atoms with E-state index in [1.54, 1.807) is 58.2 Å². The molecule has 246 valence electrons. The maximum atomic E-state index is 13.3. The average molecular weight is 637 g/mol. The second-order valence-corrected chi connectivity index (χ2v) is 13.7. The molecule has 1 aliphatic rings. The predicted octanol–water partition coefficient (Wildman–Crippen LogP) is 3.77. The fraction of sp³-hybridized carbons (Fsp3) is 0.645. The topological polar surface area (TPSA) is 152 Å². The van der Waals surface area contributed by atoms with E-state index >= 15 is 0 Å². The Morgan fingerprint density at radius 2 is 1.52 bits per heavy atom. The van der Waals surface area contributed by atoms with E-state index in [0.29, 0.717) is 31.7 Å². The summed E-state index contributed by atoms with van der Waals surface area (Å²) in [5, 5.41) is 8.19. The molecule has 1 aromatic carbocycles. The molecular formula is C31H48N4O8S. The van der Waals surface area contributed by atoms with Gasteiger partial charge in [0.15, 0.2) is 0 Å². The van der Waals surface area contributed by atoms with Crippen molar-refractivity contribution in [1.82, 2.24) is 20.9 Å². The number of alkyl carbamates (subject to hydrolysis) is 2. The van der Waals surface area contributed by atoms with Crippen molar-refractivity contribution in [3.63, 3.8) is 0 Å². The molecular weight excluding hydrogens is 588 g/mol. The van der Waals surface area contributed by atoms with Crippen molar-refractivity contribution < 1.29 is 38.2 Å². The molecule has 0 saturated carbocycles. The molecule has 4 amide bonds. The van der Waals surface area contributed by atoms with Crippen molar-refractivity contribution in [2.24, 2.45) is 0 Å². The van der Waals surface area contributed by atoms with Gasteiger partial charge in [0, 0.05) is 25.8 Å². The number of carbonyl (C=O) groups excluding carboxylic acids is 5. The monoisotopic (exact) mass is 636 g/mol. The second-order valence-electron chi connectivity index (χ2n) is 12.6. The maximum Gasteiger partial charge on any atom is 0.408 e. The number of hydrogen-bond donors (Lipinski definition) is 3. The Kier molecular flexibility index (Phi) is 14.3. The van der Waals surface area contributed by atoms with Gasteiger partial charge in [-0.15, -0.1) is 11.8 Å². The molecule has 12 nitrogen and oxygen atoms in total. The van der Waals surface area contributed by atoms with Crippen LogP contribution in [0.2, 0.25) is 0 Å². The number of carbonyl (C=O) groups is 5. The van der Waals surface area contributed by atoms with Gasteiger partial charge in [-0.3, -0.25) is 14.4 Å². The zero-order chi connectivity index (χ0) is 32.9. The first-order chi connectivity index (χ1) is 20.5. The van der Waals surface area contributed by atoms with E-state index in [2.05, 4.69) is 16.0 Å². The van der Waals surface area contributed by atoms with Crippen LogP contribution < -0.4 is 16.0 Å². The number of rotatable bonds is 13. The average Bonchev–Trinajstić information content (AvgIpc) is 3.43. The Morgan fingerprint density at radius 1 is 0.909 bits per heavy atom. The number of thioether (sulfide) groups is 1. The van der Waals surface area contributed by atoms with Crippen molar-refractivity contribution in [1.29, 1.82) is 0 Å². The Labute approximate surface area is 264 Å². The predicted molar refractivity (Wildman–Crippen MR) is 168 cm³/mol. The third kappa shape index (κ3) is 14.3. The first-order valence-corrected chi connectivity index (χ1v) is 16.0. The lowest BCUT2D eigenvalue weighted by molar-refractivity contribution is -0.155. The molecule has 0 bridgehead atoms. The molecule has 0 unspecified atom stereocenters. The van der Waals surface area contributed by atoms with E-state index in [0.717, 1.165) is 11.3 Å². The lowest BCUT2D eigenvalue weighted by Crippen LogP contribution is -2.54. The molecule has 44 heavy (non-hydrogen) atoms. The van der Waals surface area contributed by atoms with Gasteiger partial charge in [0.2, 0.25) is 12.0 Å². The minimum atomic E-state index is -1.32. The highest BCUT2D eigenvalue weighted by molar-refractivity contribution is 7.99. The van der Waals surface area contributed by atoms with Crippen molar-refractivity contribution in [2.45, 2.75) is 104 Å². The minimum absolute atomic E-state index is 0.170. The van der Waals surface area contributed by atoms with Gasteiger partial charge in [-0.25, -0.2) is 9.59 Å². The van der Waals surface area contributed by atoms with Crippen LogP contribution in [0.5, 0.6) is 0 Å². The highest BCUT2D eigenvalue weighted by Crippen LogP contribution is 2.17. The number of hydrogen-bond acceptors (Lipinski definition) is 9. The molecule has 13 heteroatoms. The van der Waals surface area contributed by atoms with Crippen LogP contribution in [-0.2, 0) is 35.0 Å². The quantitative estimate of drug-likeness (QED) is 0.167. The number of unbranched alkanes of at least 4 members (excludes halogenated alkanes) is 1. The van der Waals surface area contributed by atoms with Crippen molar-refractivity contribution in [3.05, 3.63) is 35.9 Å². The van der Waals surface area contributed by atoms with Gasteiger partial charge in [0.05, 0.1) is 11.9 Å². The van der Waals surface area contributed by atoms with Gasteiger partial charge in [-0.05, 0) is 72.8 Å². The third-order valence-corrected chi connectivity index (χ3v) is 7.16. The summed E-state index contributed by atoms with van der Waals surface area (Å²) >= 11 is 1.65. The van der Waals surface area contributed by atoms with Crippen LogP contribution in [0.1, 0.15) is 73.3 Å². The molecule has 1 aliphatic heterocycles. The molecule has 0 spiro atoms. The summed E-state index contributed by atoms with van der Waals surface area (Å²) < 4.78 is 16.2. The number of nitrogens with zero attached hydrogens (tertiary/aromatic N) is 1. The molecule has 1 heterocycles. The summed E-state index contributed by atoms with van der Waals surface area (Å²) in [5.74, 6) is -0.0130. The molecule has 0 aromatic heterocycles.